The summed E-state index contributed by atoms with van der Waals surface area (Å²) >= 11 is 0. The zero-order valence-corrected chi connectivity index (χ0v) is 18.4. The van der Waals surface area contributed by atoms with Gasteiger partial charge in [0.1, 0.15) is 28.6 Å². The molecule has 0 atom stereocenters. The van der Waals surface area contributed by atoms with Crippen molar-refractivity contribution >= 4 is 5.78 Å². The maximum absolute atomic E-state index is 13.3. The molecular weight excluding hydrogens is 392 g/mol. The molecule has 0 aliphatic rings. The molecular formula is C26H28O5. The Balaban J connectivity index is 2.03. The van der Waals surface area contributed by atoms with Crippen molar-refractivity contribution in [2.24, 2.45) is 0 Å². The Morgan fingerprint density at radius 1 is 0.742 bits per heavy atom. The summed E-state index contributed by atoms with van der Waals surface area (Å²) < 4.78 is 22.4. The highest BCUT2D eigenvalue weighted by atomic mass is 16.5. The monoisotopic (exact) mass is 420 g/mol. The SMILES string of the molecule is COc1ccccc1Cc1c(OC)cc(OC)c(C(=O)CCc2ccccc2)c1OC. The second-order valence-electron chi connectivity index (χ2n) is 7.07. The van der Waals surface area contributed by atoms with Crippen LogP contribution in [0, 0.1) is 0 Å². The smallest absolute Gasteiger partial charge is 0.170 e. The van der Waals surface area contributed by atoms with E-state index in [2.05, 4.69) is 0 Å². The maximum atomic E-state index is 13.3. The molecule has 0 aliphatic heterocycles. The minimum atomic E-state index is -0.0403. The number of rotatable bonds is 10. The molecule has 0 fully saturated rings. The normalized spacial score (nSPS) is 10.5. The van der Waals surface area contributed by atoms with Crippen LogP contribution < -0.4 is 18.9 Å². The molecule has 0 aliphatic carbocycles. The van der Waals surface area contributed by atoms with E-state index in [1.807, 2.05) is 54.6 Å². The fourth-order valence-electron chi connectivity index (χ4n) is 3.72. The van der Waals surface area contributed by atoms with E-state index in [4.69, 9.17) is 18.9 Å². The number of ketones is 1. The molecule has 3 aromatic carbocycles. The molecule has 0 radical (unpaired) electrons. The molecule has 5 nitrogen and oxygen atoms in total. The fraction of sp³-hybridized carbons (Fsp3) is 0.269. The van der Waals surface area contributed by atoms with Gasteiger partial charge in [-0.3, -0.25) is 4.79 Å². The summed E-state index contributed by atoms with van der Waals surface area (Å²) in [6.07, 6.45) is 1.47. The summed E-state index contributed by atoms with van der Waals surface area (Å²) in [7, 11) is 6.34. The van der Waals surface area contributed by atoms with Crippen LogP contribution in [-0.2, 0) is 12.8 Å². The van der Waals surface area contributed by atoms with Crippen LogP contribution in [-0.4, -0.2) is 34.2 Å². The summed E-state index contributed by atoms with van der Waals surface area (Å²) in [6, 6.07) is 19.5. The molecule has 5 heteroatoms. The number of methoxy groups -OCH3 is 4. The van der Waals surface area contributed by atoms with Crippen LogP contribution >= 0.6 is 0 Å². The highest BCUT2D eigenvalue weighted by Gasteiger charge is 2.26. The topological polar surface area (TPSA) is 54.0 Å². The molecule has 0 amide bonds. The van der Waals surface area contributed by atoms with E-state index in [1.54, 1.807) is 34.5 Å². The van der Waals surface area contributed by atoms with Gasteiger partial charge in [0.2, 0.25) is 0 Å². The number of ether oxygens (including phenoxy) is 4. The van der Waals surface area contributed by atoms with Crippen molar-refractivity contribution in [1.82, 2.24) is 0 Å². The van der Waals surface area contributed by atoms with E-state index < -0.39 is 0 Å². The zero-order chi connectivity index (χ0) is 22.2. The average Bonchev–Trinajstić information content (AvgIpc) is 2.82. The largest absolute Gasteiger partial charge is 0.496 e. The first-order valence-corrected chi connectivity index (χ1v) is 10.1. The first-order chi connectivity index (χ1) is 15.1. The van der Waals surface area contributed by atoms with Crippen molar-refractivity contribution in [2.75, 3.05) is 28.4 Å². The highest BCUT2D eigenvalue weighted by Crippen LogP contribution is 2.42. The Bertz CT molecular complexity index is 1030. The number of carbonyl (C=O) groups excluding carboxylic acids is 1. The van der Waals surface area contributed by atoms with Gasteiger partial charge >= 0.3 is 0 Å². The summed E-state index contributed by atoms with van der Waals surface area (Å²) in [4.78, 5) is 13.3. The first kappa shape index (κ1) is 22.2. The minimum absolute atomic E-state index is 0.0403. The number of Topliss-reactive ketones (excluding diaryl/α,β-unsaturated/α-hetero) is 1. The molecule has 3 rings (SSSR count). The predicted octanol–water partition coefficient (Wildman–Crippen LogP) is 5.13. The van der Waals surface area contributed by atoms with Gasteiger partial charge in [0.25, 0.3) is 0 Å². The van der Waals surface area contributed by atoms with Crippen molar-refractivity contribution in [3.8, 4) is 23.0 Å². The van der Waals surface area contributed by atoms with Crippen LogP contribution in [0.4, 0.5) is 0 Å². The van der Waals surface area contributed by atoms with E-state index in [0.29, 0.717) is 42.1 Å². The van der Waals surface area contributed by atoms with Crippen LogP contribution in [0.5, 0.6) is 23.0 Å². The lowest BCUT2D eigenvalue weighted by Gasteiger charge is -2.20. The molecule has 0 unspecified atom stereocenters. The third-order valence-electron chi connectivity index (χ3n) is 5.27. The third kappa shape index (κ3) is 5.00. The van der Waals surface area contributed by atoms with E-state index in [9.17, 15) is 4.79 Å². The number of hydrogen-bond donors (Lipinski definition) is 0. The van der Waals surface area contributed by atoms with Gasteiger partial charge in [-0.1, -0.05) is 48.5 Å². The lowest BCUT2D eigenvalue weighted by molar-refractivity contribution is 0.0976. The van der Waals surface area contributed by atoms with Crippen molar-refractivity contribution in [3.63, 3.8) is 0 Å². The lowest BCUT2D eigenvalue weighted by atomic mass is 9.94. The Kier molecular flexibility index (Phi) is 7.55. The number of para-hydroxylation sites is 1. The molecule has 0 heterocycles. The number of carbonyl (C=O) groups is 1. The van der Waals surface area contributed by atoms with Gasteiger partial charge in [-0.2, -0.15) is 0 Å². The summed E-state index contributed by atoms with van der Waals surface area (Å²) in [5.74, 6) is 2.23. The zero-order valence-electron chi connectivity index (χ0n) is 18.4. The standard InChI is InChI=1S/C26H28O5/c1-28-22-13-9-8-12-19(22)16-20-23(29-2)17-24(30-3)25(26(20)31-4)21(27)15-14-18-10-6-5-7-11-18/h5-13,17H,14-16H2,1-4H3. The quantitative estimate of drug-likeness (QED) is 0.426. The highest BCUT2D eigenvalue weighted by molar-refractivity contribution is 6.02. The van der Waals surface area contributed by atoms with Gasteiger partial charge in [0.15, 0.2) is 5.78 Å². The van der Waals surface area contributed by atoms with Gasteiger partial charge in [-0.15, -0.1) is 0 Å². The molecule has 31 heavy (non-hydrogen) atoms. The summed E-state index contributed by atoms with van der Waals surface area (Å²) in [5, 5.41) is 0. The van der Waals surface area contributed by atoms with Crippen LogP contribution in [0.2, 0.25) is 0 Å². The third-order valence-corrected chi connectivity index (χ3v) is 5.27. The molecule has 0 saturated carbocycles. The molecule has 0 bridgehead atoms. The van der Waals surface area contributed by atoms with E-state index in [1.165, 1.54) is 0 Å². The van der Waals surface area contributed by atoms with E-state index >= 15 is 0 Å². The van der Waals surface area contributed by atoms with Crippen molar-refractivity contribution in [2.45, 2.75) is 19.3 Å². The van der Waals surface area contributed by atoms with Gasteiger partial charge in [0.05, 0.1) is 28.4 Å². The Morgan fingerprint density at radius 2 is 1.39 bits per heavy atom. The molecule has 0 N–H and O–H groups in total. The Morgan fingerprint density at radius 3 is 2.03 bits per heavy atom. The molecule has 0 spiro atoms. The molecule has 0 saturated heterocycles. The van der Waals surface area contributed by atoms with E-state index in [-0.39, 0.29) is 5.78 Å². The Labute approximate surface area is 183 Å². The van der Waals surface area contributed by atoms with Crippen molar-refractivity contribution in [3.05, 3.63) is 82.9 Å². The van der Waals surface area contributed by atoms with Gasteiger partial charge in [0, 0.05) is 24.5 Å². The summed E-state index contributed by atoms with van der Waals surface area (Å²) in [5.41, 5.74) is 3.29. The lowest BCUT2D eigenvalue weighted by Crippen LogP contribution is -2.10. The fourth-order valence-corrected chi connectivity index (χ4v) is 3.72. The molecule has 3 aromatic rings. The molecule has 162 valence electrons. The predicted molar refractivity (Wildman–Crippen MR) is 121 cm³/mol. The van der Waals surface area contributed by atoms with Crippen molar-refractivity contribution in [1.29, 1.82) is 0 Å². The minimum Gasteiger partial charge on any atom is -0.496 e. The summed E-state index contributed by atoms with van der Waals surface area (Å²) in [6.45, 7) is 0. The van der Waals surface area contributed by atoms with Crippen LogP contribution in [0.15, 0.2) is 60.7 Å². The Hall–Kier alpha value is -3.47. The van der Waals surface area contributed by atoms with Gasteiger partial charge < -0.3 is 18.9 Å². The van der Waals surface area contributed by atoms with E-state index in [0.717, 1.165) is 22.4 Å². The van der Waals surface area contributed by atoms with Crippen LogP contribution in [0.1, 0.15) is 33.5 Å². The van der Waals surface area contributed by atoms with Gasteiger partial charge in [-0.25, -0.2) is 0 Å². The maximum Gasteiger partial charge on any atom is 0.170 e. The second-order valence-corrected chi connectivity index (χ2v) is 7.07. The second kappa shape index (κ2) is 10.5. The average molecular weight is 421 g/mol. The molecule has 0 aromatic heterocycles. The number of hydrogen-bond acceptors (Lipinski definition) is 5. The number of aryl methyl sites for hydroxylation is 1. The van der Waals surface area contributed by atoms with Crippen molar-refractivity contribution < 1.29 is 23.7 Å². The van der Waals surface area contributed by atoms with Crippen LogP contribution in [0.3, 0.4) is 0 Å². The number of benzene rings is 3. The first-order valence-electron chi connectivity index (χ1n) is 10.1. The van der Waals surface area contributed by atoms with Crippen LogP contribution in [0.25, 0.3) is 0 Å². The van der Waals surface area contributed by atoms with Gasteiger partial charge in [-0.05, 0) is 23.6 Å².